The Bertz CT molecular complexity index is 1340. The van der Waals surface area contributed by atoms with E-state index in [9.17, 15) is 14.4 Å². The fraction of sp³-hybridized carbons (Fsp3) is 0.387. The summed E-state index contributed by atoms with van der Waals surface area (Å²) in [5.74, 6) is 6.25. The Labute approximate surface area is 224 Å². The van der Waals surface area contributed by atoms with Crippen LogP contribution < -0.4 is 4.74 Å². The number of aryl methyl sites for hydroxylation is 2. The Morgan fingerprint density at radius 1 is 0.868 bits per heavy atom. The summed E-state index contributed by atoms with van der Waals surface area (Å²) in [6.45, 7) is 8.46. The van der Waals surface area contributed by atoms with Crippen molar-refractivity contribution in [2.45, 2.75) is 66.3 Å². The van der Waals surface area contributed by atoms with Crippen molar-refractivity contribution in [1.29, 1.82) is 0 Å². The summed E-state index contributed by atoms with van der Waals surface area (Å²) >= 11 is 0. The van der Waals surface area contributed by atoms with Crippen molar-refractivity contribution in [3.63, 3.8) is 0 Å². The van der Waals surface area contributed by atoms with Crippen LogP contribution in [0.1, 0.15) is 68.8 Å². The number of ether oxygens (including phenoxy) is 3. The highest BCUT2D eigenvalue weighted by molar-refractivity contribution is 5.90. The number of benzene rings is 2. The van der Waals surface area contributed by atoms with Gasteiger partial charge in [-0.05, 0) is 75.9 Å². The molecule has 3 rings (SSSR count). The van der Waals surface area contributed by atoms with Gasteiger partial charge in [-0.15, -0.1) is 0 Å². The highest BCUT2D eigenvalue weighted by Crippen LogP contribution is 2.30. The molecule has 0 N–H and O–H groups in total. The number of hydrogen-bond acceptors (Lipinski definition) is 6. The van der Waals surface area contributed by atoms with E-state index >= 15 is 0 Å². The highest BCUT2D eigenvalue weighted by Gasteiger charge is 2.17. The minimum Gasteiger partial charge on any atom is -0.466 e. The van der Waals surface area contributed by atoms with Gasteiger partial charge >= 0.3 is 17.9 Å². The first-order valence-corrected chi connectivity index (χ1v) is 13.1. The first-order valence-electron chi connectivity index (χ1n) is 13.1. The van der Waals surface area contributed by atoms with Crippen molar-refractivity contribution in [2.24, 2.45) is 0 Å². The summed E-state index contributed by atoms with van der Waals surface area (Å²) in [4.78, 5) is 35.0. The average molecular weight is 518 g/mol. The van der Waals surface area contributed by atoms with Crippen LogP contribution in [0.2, 0.25) is 0 Å². The lowest BCUT2D eigenvalue weighted by molar-refractivity contribution is -0.144. The number of aromatic nitrogens is 1. The number of nitrogens with zero attached hydrogens (tertiary/aromatic N) is 1. The topological polar surface area (TPSA) is 83.8 Å². The SMILES string of the molecule is CCOC(=O)CCCc1c(C)n(CCCC(=O)OCC)c2c(C#Cc3ccc(OC(C)=O)cc3)cccc12. The third-order valence-corrected chi connectivity index (χ3v) is 6.11. The zero-order valence-corrected chi connectivity index (χ0v) is 22.6. The quantitative estimate of drug-likeness (QED) is 0.190. The zero-order chi connectivity index (χ0) is 27.5. The van der Waals surface area contributed by atoms with E-state index in [1.165, 1.54) is 12.5 Å². The van der Waals surface area contributed by atoms with Crippen molar-refractivity contribution in [3.05, 3.63) is 64.8 Å². The fourth-order valence-electron chi connectivity index (χ4n) is 4.47. The van der Waals surface area contributed by atoms with E-state index < -0.39 is 0 Å². The van der Waals surface area contributed by atoms with Gasteiger partial charge in [0.25, 0.3) is 0 Å². The number of hydrogen-bond donors (Lipinski definition) is 0. The summed E-state index contributed by atoms with van der Waals surface area (Å²) in [6, 6.07) is 13.1. The summed E-state index contributed by atoms with van der Waals surface area (Å²) in [7, 11) is 0. The molecule has 200 valence electrons. The number of carbonyl (C=O) groups excluding carboxylic acids is 3. The maximum Gasteiger partial charge on any atom is 0.308 e. The second-order valence-corrected chi connectivity index (χ2v) is 8.85. The van der Waals surface area contributed by atoms with E-state index in [4.69, 9.17) is 14.2 Å². The molecule has 3 aromatic rings. The average Bonchev–Trinajstić information content (AvgIpc) is 3.15. The molecule has 0 bridgehead atoms. The number of carbonyl (C=O) groups is 3. The standard InChI is InChI=1S/C31H35NO6/c1-5-36-29(34)13-8-11-27-22(3)32(21-9-14-30(35)37-6-2)31-25(10-7-12-28(27)31)18-15-24-16-19-26(20-17-24)38-23(4)33/h7,10,12,16-17,19-20H,5-6,8-9,11,13-14,21H2,1-4H3. The Morgan fingerprint density at radius 2 is 1.53 bits per heavy atom. The summed E-state index contributed by atoms with van der Waals surface area (Å²) in [5.41, 5.74) is 4.97. The lowest BCUT2D eigenvalue weighted by Crippen LogP contribution is -2.08. The van der Waals surface area contributed by atoms with Gasteiger partial charge in [-0.2, -0.15) is 0 Å². The van der Waals surface area contributed by atoms with E-state index in [1.807, 2.05) is 31.2 Å². The third kappa shape index (κ3) is 7.72. The Balaban J connectivity index is 1.94. The molecule has 0 saturated heterocycles. The molecule has 2 aromatic carbocycles. The van der Waals surface area contributed by atoms with Crippen molar-refractivity contribution < 1.29 is 28.6 Å². The third-order valence-electron chi connectivity index (χ3n) is 6.11. The van der Waals surface area contributed by atoms with Gasteiger partial charge in [0.05, 0.1) is 18.7 Å². The van der Waals surface area contributed by atoms with Gasteiger partial charge in [0.1, 0.15) is 5.75 Å². The van der Waals surface area contributed by atoms with Gasteiger partial charge in [0, 0.05) is 48.5 Å². The van der Waals surface area contributed by atoms with E-state index in [2.05, 4.69) is 29.4 Å². The Kier molecular flexibility index (Phi) is 10.5. The summed E-state index contributed by atoms with van der Waals surface area (Å²) < 4.78 is 17.5. The molecular formula is C31H35NO6. The van der Waals surface area contributed by atoms with Gasteiger partial charge in [-0.25, -0.2) is 0 Å². The van der Waals surface area contributed by atoms with Crippen LogP contribution in [-0.4, -0.2) is 35.7 Å². The molecule has 38 heavy (non-hydrogen) atoms. The van der Waals surface area contributed by atoms with Gasteiger partial charge in [0.2, 0.25) is 0 Å². The molecular weight excluding hydrogens is 482 g/mol. The number of fused-ring (bicyclic) bond motifs is 1. The summed E-state index contributed by atoms with van der Waals surface area (Å²) in [5, 5.41) is 1.10. The molecule has 0 amide bonds. The molecule has 7 heteroatoms. The molecule has 7 nitrogen and oxygen atoms in total. The minimum absolute atomic E-state index is 0.186. The first kappa shape index (κ1) is 28.5. The van der Waals surface area contributed by atoms with E-state index in [0.717, 1.165) is 34.1 Å². The molecule has 0 radical (unpaired) electrons. The zero-order valence-electron chi connectivity index (χ0n) is 22.6. The molecule has 0 spiro atoms. The van der Waals surface area contributed by atoms with Crippen molar-refractivity contribution in [2.75, 3.05) is 13.2 Å². The van der Waals surface area contributed by atoms with Crippen LogP contribution in [0.3, 0.4) is 0 Å². The van der Waals surface area contributed by atoms with Gasteiger partial charge < -0.3 is 18.8 Å². The maximum atomic E-state index is 11.9. The van der Waals surface area contributed by atoms with Crippen LogP contribution in [0, 0.1) is 18.8 Å². The molecule has 0 aliphatic carbocycles. The summed E-state index contributed by atoms with van der Waals surface area (Å²) in [6.07, 6.45) is 2.77. The van der Waals surface area contributed by atoms with Crippen LogP contribution in [-0.2, 0) is 36.8 Å². The highest BCUT2D eigenvalue weighted by atomic mass is 16.5. The second kappa shape index (κ2) is 14.0. The van der Waals surface area contributed by atoms with Crippen molar-refractivity contribution in [3.8, 4) is 17.6 Å². The lowest BCUT2D eigenvalue weighted by Gasteiger charge is -2.10. The molecule has 0 aliphatic heterocycles. The largest absolute Gasteiger partial charge is 0.466 e. The van der Waals surface area contributed by atoms with Crippen LogP contribution in [0.15, 0.2) is 42.5 Å². The molecule has 0 aliphatic rings. The smallest absolute Gasteiger partial charge is 0.308 e. The van der Waals surface area contributed by atoms with E-state index in [0.29, 0.717) is 51.2 Å². The number of rotatable bonds is 11. The normalized spacial score (nSPS) is 10.5. The Hall–Kier alpha value is -4.05. The predicted molar refractivity (Wildman–Crippen MR) is 146 cm³/mol. The first-order chi connectivity index (χ1) is 18.3. The molecule has 0 fully saturated rings. The number of para-hydroxylation sites is 1. The van der Waals surface area contributed by atoms with Gasteiger partial charge in [-0.1, -0.05) is 24.0 Å². The molecule has 0 atom stereocenters. The fourth-order valence-corrected chi connectivity index (χ4v) is 4.47. The van der Waals surface area contributed by atoms with Crippen LogP contribution >= 0.6 is 0 Å². The molecule has 1 heterocycles. The van der Waals surface area contributed by atoms with Crippen LogP contribution in [0.5, 0.6) is 5.75 Å². The van der Waals surface area contributed by atoms with Crippen LogP contribution in [0.4, 0.5) is 0 Å². The minimum atomic E-state index is -0.368. The second-order valence-electron chi connectivity index (χ2n) is 8.85. The van der Waals surface area contributed by atoms with E-state index in [-0.39, 0.29) is 17.9 Å². The predicted octanol–water partition coefficient (Wildman–Crippen LogP) is 5.50. The monoisotopic (exact) mass is 517 g/mol. The van der Waals surface area contributed by atoms with Gasteiger partial charge in [0.15, 0.2) is 0 Å². The maximum absolute atomic E-state index is 11.9. The Morgan fingerprint density at radius 3 is 2.16 bits per heavy atom. The molecule has 0 saturated carbocycles. The lowest BCUT2D eigenvalue weighted by atomic mass is 10.0. The van der Waals surface area contributed by atoms with Crippen LogP contribution in [0.25, 0.3) is 10.9 Å². The van der Waals surface area contributed by atoms with E-state index in [1.54, 1.807) is 19.1 Å². The number of esters is 3. The molecule has 1 aromatic heterocycles. The van der Waals surface area contributed by atoms with Crippen molar-refractivity contribution in [1.82, 2.24) is 4.57 Å². The molecule has 0 unspecified atom stereocenters. The van der Waals surface area contributed by atoms with Gasteiger partial charge in [-0.3, -0.25) is 14.4 Å². The van der Waals surface area contributed by atoms with Crippen molar-refractivity contribution >= 4 is 28.8 Å².